The van der Waals surface area contributed by atoms with Gasteiger partial charge in [0.1, 0.15) is 23.0 Å². The fraction of sp³-hybridized carbons (Fsp3) is 0.455. The Morgan fingerprint density at radius 1 is 1.00 bits per heavy atom. The summed E-state index contributed by atoms with van der Waals surface area (Å²) < 4.78 is 87.1. The first-order valence-electron chi connectivity index (χ1n) is 5.12. The van der Waals surface area contributed by atoms with Crippen LogP contribution < -0.4 is 0 Å². The van der Waals surface area contributed by atoms with E-state index in [1.165, 1.54) is 13.2 Å². The second kappa shape index (κ2) is 6.06. The molecular weight excluding hydrogens is 405 g/mol. The van der Waals surface area contributed by atoms with Gasteiger partial charge < -0.3 is 4.74 Å². The van der Waals surface area contributed by atoms with E-state index in [2.05, 4.69) is 7.80 Å². The van der Waals surface area contributed by atoms with Gasteiger partial charge >= 0.3 is 12.4 Å². The van der Waals surface area contributed by atoms with Crippen LogP contribution in [0.2, 0.25) is 0 Å². The standard InChI is InChI=1S/C11H9F6IO2/c1-19-6-7-4-2-3-5-8(7)9(20-18,10(12,13)14)11(15,16)17/h2-5H,6H2,1H3. The summed E-state index contributed by atoms with van der Waals surface area (Å²) in [6.45, 7) is -0.399. The Morgan fingerprint density at radius 2 is 1.50 bits per heavy atom. The molecule has 0 spiro atoms. The maximum atomic E-state index is 13.1. The topological polar surface area (TPSA) is 18.5 Å². The molecule has 0 aliphatic heterocycles. The van der Waals surface area contributed by atoms with Gasteiger partial charge in [-0.2, -0.15) is 26.3 Å². The van der Waals surface area contributed by atoms with Gasteiger partial charge in [0.15, 0.2) is 0 Å². The molecule has 0 bridgehead atoms. The van der Waals surface area contributed by atoms with Gasteiger partial charge in [0, 0.05) is 12.7 Å². The third kappa shape index (κ3) is 2.89. The molecule has 0 N–H and O–H groups in total. The second-order valence-corrected chi connectivity index (χ2v) is 4.28. The van der Waals surface area contributed by atoms with E-state index in [1.807, 2.05) is 0 Å². The van der Waals surface area contributed by atoms with Crippen molar-refractivity contribution < 1.29 is 34.1 Å². The summed E-state index contributed by atoms with van der Waals surface area (Å²) in [7, 11) is 1.17. The van der Waals surface area contributed by atoms with Crippen LogP contribution in [0.1, 0.15) is 11.1 Å². The first-order chi connectivity index (χ1) is 9.11. The Bertz CT molecular complexity index is 443. The van der Waals surface area contributed by atoms with Crippen LogP contribution in [-0.2, 0) is 20.0 Å². The minimum atomic E-state index is -5.67. The van der Waals surface area contributed by atoms with Crippen LogP contribution in [0, 0.1) is 0 Å². The Kier molecular flexibility index (Phi) is 5.30. The number of ether oxygens (including phenoxy) is 1. The van der Waals surface area contributed by atoms with E-state index in [9.17, 15) is 26.3 Å². The number of hydrogen-bond acceptors (Lipinski definition) is 2. The van der Waals surface area contributed by atoms with Crippen molar-refractivity contribution in [3.8, 4) is 0 Å². The Morgan fingerprint density at radius 3 is 1.90 bits per heavy atom. The molecule has 0 saturated carbocycles. The maximum Gasteiger partial charge on any atom is 0.431 e. The van der Waals surface area contributed by atoms with Crippen molar-refractivity contribution in [2.75, 3.05) is 7.11 Å². The van der Waals surface area contributed by atoms with Crippen LogP contribution in [-0.4, -0.2) is 19.5 Å². The Balaban J connectivity index is 3.62. The average Bonchev–Trinajstić information content (AvgIpc) is 2.29. The zero-order valence-corrected chi connectivity index (χ0v) is 12.1. The van der Waals surface area contributed by atoms with Gasteiger partial charge in [-0.3, -0.25) is 3.07 Å². The number of alkyl halides is 6. The molecule has 1 aromatic carbocycles. The van der Waals surface area contributed by atoms with Gasteiger partial charge in [-0.05, 0) is 5.56 Å². The maximum absolute atomic E-state index is 13.1. The summed E-state index contributed by atoms with van der Waals surface area (Å²) in [6, 6.07) is 4.26. The quantitative estimate of drug-likeness (QED) is 0.533. The minimum absolute atomic E-state index is 0.249. The van der Waals surface area contributed by atoms with Crippen LogP contribution in [0.15, 0.2) is 24.3 Å². The summed E-state index contributed by atoms with van der Waals surface area (Å²) in [5, 5.41) is 0. The molecule has 0 saturated heterocycles. The normalized spacial score (nSPS) is 13.6. The highest BCUT2D eigenvalue weighted by Crippen LogP contribution is 2.54. The van der Waals surface area contributed by atoms with Crippen LogP contribution in [0.25, 0.3) is 0 Å². The molecule has 9 heteroatoms. The monoisotopic (exact) mass is 414 g/mol. The van der Waals surface area contributed by atoms with Gasteiger partial charge in [-0.15, -0.1) is 0 Å². The molecule has 1 aromatic rings. The van der Waals surface area contributed by atoms with E-state index in [1.54, 1.807) is 0 Å². The SMILES string of the molecule is COCc1ccccc1C(OI)(C(F)(F)F)C(F)(F)F. The highest BCUT2D eigenvalue weighted by molar-refractivity contribution is 14.1. The van der Waals surface area contributed by atoms with Crippen LogP contribution in [0.3, 0.4) is 0 Å². The first kappa shape index (κ1) is 17.5. The Hall–Kier alpha value is -0.550. The number of rotatable bonds is 4. The van der Waals surface area contributed by atoms with Crippen molar-refractivity contribution in [2.24, 2.45) is 0 Å². The lowest BCUT2D eigenvalue weighted by Gasteiger charge is -2.36. The molecule has 0 aliphatic rings. The molecule has 0 aliphatic carbocycles. The lowest BCUT2D eigenvalue weighted by molar-refractivity contribution is -0.356. The highest BCUT2D eigenvalue weighted by atomic mass is 127. The molecule has 1 rings (SSSR count). The van der Waals surface area contributed by atoms with Crippen molar-refractivity contribution in [1.29, 1.82) is 0 Å². The lowest BCUT2D eigenvalue weighted by Crippen LogP contribution is -2.54. The van der Waals surface area contributed by atoms with Crippen molar-refractivity contribution in [3.63, 3.8) is 0 Å². The molecule has 0 unspecified atom stereocenters. The highest BCUT2D eigenvalue weighted by Gasteiger charge is 2.74. The smallest absolute Gasteiger partial charge is 0.380 e. The number of hydrogen-bond donors (Lipinski definition) is 0. The van der Waals surface area contributed by atoms with Crippen molar-refractivity contribution in [3.05, 3.63) is 35.4 Å². The van der Waals surface area contributed by atoms with E-state index in [0.717, 1.165) is 18.2 Å². The predicted molar refractivity (Wildman–Crippen MR) is 66.0 cm³/mol. The van der Waals surface area contributed by atoms with Crippen LogP contribution >= 0.6 is 23.0 Å². The van der Waals surface area contributed by atoms with E-state index < -0.39 is 30.1 Å². The van der Waals surface area contributed by atoms with Crippen LogP contribution in [0.5, 0.6) is 0 Å². The van der Waals surface area contributed by atoms with Gasteiger partial charge in [-0.1, -0.05) is 24.3 Å². The summed E-state index contributed by atoms with van der Waals surface area (Å²) in [5.74, 6) is 0. The molecular formula is C11H9F6IO2. The fourth-order valence-electron chi connectivity index (χ4n) is 1.74. The molecule has 0 aromatic heterocycles. The predicted octanol–water partition coefficient (Wildman–Crippen LogP) is 4.52. The first-order valence-corrected chi connectivity index (χ1v) is 6.00. The molecule has 20 heavy (non-hydrogen) atoms. The van der Waals surface area contributed by atoms with Gasteiger partial charge in [-0.25, -0.2) is 0 Å². The zero-order chi connectivity index (χ0) is 15.6. The second-order valence-electron chi connectivity index (χ2n) is 3.84. The molecule has 0 amide bonds. The molecule has 114 valence electrons. The summed E-state index contributed by atoms with van der Waals surface area (Å²) in [4.78, 5) is 0. The van der Waals surface area contributed by atoms with Crippen LogP contribution in [0.4, 0.5) is 26.3 Å². The van der Waals surface area contributed by atoms with Gasteiger partial charge in [0.05, 0.1) is 6.61 Å². The molecule has 0 fully saturated rings. The number of halogens is 7. The summed E-state index contributed by atoms with van der Waals surface area (Å²) >= 11 is 0.621. The third-order valence-corrected chi connectivity index (χ3v) is 3.27. The van der Waals surface area contributed by atoms with E-state index in [4.69, 9.17) is 0 Å². The average molecular weight is 414 g/mol. The summed E-state index contributed by atoms with van der Waals surface area (Å²) in [5.41, 5.74) is -5.67. The molecule has 0 radical (unpaired) electrons. The van der Waals surface area contributed by atoms with Gasteiger partial charge in [0.25, 0.3) is 5.60 Å². The zero-order valence-electron chi connectivity index (χ0n) is 9.98. The molecule has 0 heterocycles. The van der Waals surface area contributed by atoms with Crippen molar-refractivity contribution in [2.45, 2.75) is 24.6 Å². The third-order valence-electron chi connectivity index (χ3n) is 2.61. The number of benzene rings is 1. The number of methoxy groups -OCH3 is 1. The largest absolute Gasteiger partial charge is 0.431 e. The molecule has 0 atom stereocenters. The molecule has 2 nitrogen and oxygen atoms in total. The van der Waals surface area contributed by atoms with Gasteiger partial charge in [0.2, 0.25) is 0 Å². The fourth-order valence-corrected chi connectivity index (χ4v) is 2.48. The lowest BCUT2D eigenvalue weighted by atomic mass is 9.88. The van der Waals surface area contributed by atoms with E-state index in [0.29, 0.717) is 23.0 Å². The summed E-state index contributed by atoms with van der Waals surface area (Å²) in [6.07, 6.45) is -11.3. The van der Waals surface area contributed by atoms with E-state index in [-0.39, 0.29) is 5.56 Å². The van der Waals surface area contributed by atoms with E-state index >= 15 is 0 Å². The Labute approximate surface area is 124 Å². The van der Waals surface area contributed by atoms with Crippen molar-refractivity contribution >= 4 is 23.0 Å². The van der Waals surface area contributed by atoms with Crippen molar-refractivity contribution in [1.82, 2.24) is 0 Å². The minimum Gasteiger partial charge on any atom is -0.380 e.